The molecule has 0 unspecified atom stereocenters. The van der Waals surface area contributed by atoms with Gasteiger partial charge in [0, 0.05) is 23.5 Å². The van der Waals surface area contributed by atoms with E-state index < -0.39 is 0 Å². The molecule has 7 heteroatoms. The maximum Gasteiger partial charge on any atom is 0.462 e. The highest BCUT2D eigenvalue weighted by Gasteiger charge is 2.50. The van der Waals surface area contributed by atoms with Crippen molar-refractivity contribution in [2.45, 2.75) is 51.8 Å². The molecule has 0 spiro atoms. The smallest absolute Gasteiger partial charge is 0.403 e. The van der Waals surface area contributed by atoms with Crippen molar-refractivity contribution in [3.63, 3.8) is 0 Å². The summed E-state index contributed by atoms with van der Waals surface area (Å²) >= 11 is 0. The van der Waals surface area contributed by atoms with E-state index in [1.54, 1.807) is 6.07 Å². The Bertz CT molecular complexity index is 566. The molecule has 0 aromatic heterocycles. The third kappa shape index (κ3) is 3.39. The van der Waals surface area contributed by atoms with Crippen molar-refractivity contribution < 1.29 is 9.31 Å². The van der Waals surface area contributed by atoms with Gasteiger partial charge in [0.15, 0.2) is 0 Å². The molecular weight excluding hydrogens is 267 g/mol. The molecule has 112 valence electrons. The third-order valence-electron chi connectivity index (χ3n) is 4.14. The van der Waals surface area contributed by atoms with Gasteiger partial charge in [-0.15, -0.1) is 0 Å². The summed E-state index contributed by atoms with van der Waals surface area (Å²) < 4.78 is 12.0. The summed E-state index contributed by atoms with van der Waals surface area (Å²) in [6, 6.07) is 5.61. The molecule has 1 aliphatic heterocycles. The van der Waals surface area contributed by atoms with Crippen LogP contribution in [0.2, 0.25) is 0 Å². The number of azide groups is 1. The number of benzene rings is 1. The number of nitrogens with zero attached hydrogens (tertiary/aromatic N) is 3. The first kappa shape index (κ1) is 15.9. The van der Waals surface area contributed by atoms with E-state index in [1.165, 1.54) is 0 Å². The minimum atomic E-state index is -0.350. The van der Waals surface area contributed by atoms with Gasteiger partial charge < -0.3 is 15.0 Å². The molecule has 0 aliphatic carbocycles. The van der Waals surface area contributed by atoms with Crippen LogP contribution < -0.4 is 5.73 Å². The van der Waals surface area contributed by atoms with Crippen molar-refractivity contribution >= 4 is 12.8 Å². The Balaban J connectivity index is 2.21. The zero-order chi connectivity index (χ0) is 15.7. The summed E-state index contributed by atoms with van der Waals surface area (Å²) in [7, 11) is -0.318. The summed E-state index contributed by atoms with van der Waals surface area (Å²) in [6.07, 6.45) is 0.592. The number of rotatable bonds is 4. The molecule has 1 aliphatic rings. The predicted molar refractivity (Wildman–Crippen MR) is 82.9 cm³/mol. The van der Waals surface area contributed by atoms with Crippen molar-refractivity contribution in [3.05, 3.63) is 39.8 Å². The molecule has 0 atom stereocenters. The SMILES string of the molecule is CC1(C)OB(Cc2cc(CN)cc(N=[N+]=[N-])c2)OC1(C)C. The van der Waals surface area contributed by atoms with Gasteiger partial charge in [0.25, 0.3) is 0 Å². The summed E-state index contributed by atoms with van der Waals surface area (Å²) in [5.74, 6) is 0. The fraction of sp³-hybridized carbons (Fsp3) is 0.571. The largest absolute Gasteiger partial charge is 0.462 e. The summed E-state index contributed by atoms with van der Waals surface area (Å²) in [4.78, 5) is 2.82. The van der Waals surface area contributed by atoms with Gasteiger partial charge in [0.1, 0.15) is 0 Å². The first-order chi connectivity index (χ1) is 9.77. The normalized spacial score (nSPS) is 19.4. The van der Waals surface area contributed by atoms with E-state index in [4.69, 9.17) is 20.6 Å². The Morgan fingerprint density at radius 3 is 2.24 bits per heavy atom. The highest BCUT2D eigenvalue weighted by molar-refractivity contribution is 6.45. The number of nitrogens with two attached hydrogens (primary N) is 1. The second-order valence-electron chi connectivity index (χ2n) is 6.29. The lowest BCUT2D eigenvalue weighted by Gasteiger charge is -2.32. The van der Waals surface area contributed by atoms with Crippen molar-refractivity contribution in [1.82, 2.24) is 0 Å². The monoisotopic (exact) mass is 288 g/mol. The maximum absolute atomic E-state index is 8.57. The topological polar surface area (TPSA) is 93.2 Å². The molecule has 1 aromatic carbocycles. The van der Waals surface area contributed by atoms with E-state index in [1.807, 2.05) is 39.8 Å². The zero-order valence-corrected chi connectivity index (χ0v) is 13.0. The molecule has 0 bridgehead atoms. The molecule has 6 nitrogen and oxygen atoms in total. The van der Waals surface area contributed by atoms with Crippen LogP contribution in [0.3, 0.4) is 0 Å². The van der Waals surface area contributed by atoms with E-state index >= 15 is 0 Å². The molecule has 21 heavy (non-hydrogen) atoms. The first-order valence-corrected chi connectivity index (χ1v) is 7.01. The van der Waals surface area contributed by atoms with E-state index in [-0.39, 0.29) is 18.3 Å². The Morgan fingerprint density at radius 1 is 1.14 bits per heavy atom. The minimum absolute atomic E-state index is 0.318. The third-order valence-corrected chi connectivity index (χ3v) is 4.14. The molecule has 2 N–H and O–H groups in total. The molecule has 1 fully saturated rings. The Kier molecular flexibility index (Phi) is 4.30. The highest BCUT2D eigenvalue weighted by Crippen LogP contribution is 2.37. The van der Waals surface area contributed by atoms with E-state index in [0.717, 1.165) is 11.1 Å². The van der Waals surface area contributed by atoms with Crippen LogP contribution in [0.1, 0.15) is 38.8 Å². The Labute approximate surface area is 125 Å². The van der Waals surface area contributed by atoms with Gasteiger partial charge in [-0.1, -0.05) is 11.2 Å². The van der Waals surface area contributed by atoms with Crippen molar-refractivity contribution in [2.75, 3.05) is 0 Å². The lowest BCUT2D eigenvalue weighted by atomic mass is 9.80. The molecule has 0 saturated carbocycles. The van der Waals surface area contributed by atoms with Crippen LogP contribution in [-0.4, -0.2) is 18.3 Å². The van der Waals surface area contributed by atoms with Crippen molar-refractivity contribution in [2.24, 2.45) is 10.8 Å². The van der Waals surface area contributed by atoms with Crippen LogP contribution >= 0.6 is 0 Å². The molecule has 1 saturated heterocycles. The van der Waals surface area contributed by atoms with Crippen LogP contribution in [0.5, 0.6) is 0 Å². The molecule has 1 heterocycles. The number of hydrogen-bond donors (Lipinski definition) is 1. The zero-order valence-electron chi connectivity index (χ0n) is 13.0. The van der Waals surface area contributed by atoms with E-state index in [2.05, 4.69) is 10.0 Å². The van der Waals surface area contributed by atoms with Crippen LogP contribution in [0.15, 0.2) is 23.3 Å². The average molecular weight is 288 g/mol. The van der Waals surface area contributed by atoms with E-state index in [0.29, 0.717) is 18.6 Å². The molecular formula is C14H21BN4O2. The quantitative estimate of drug-likeness (QED) is 0.399. The Hall–Kier alpha value is -1.53. The Morgan fingerprint density at radius 2 is 1.71 bits per heavy atom. The number of hydrogen-bond acceptors (Lipinski definition) is 4. The van der Waals surface area contributed by atoms with Crippen LogP contribution in [0, 0.1) is 0 Å². The van der Waals surface area contributed by atoms with Gasteiger partial charge in [-0.2, -0.15) is 0 Å². The van der Waals surface area contributed by atoms with Crippen molar-refractivity contribution in [1.29, 1.82) is 0 Å². The fourth-order valence-electron chi connectivity index (χ4n) is 2.33. The van der Waals surface area contributed by atoms with Crippen LogP contribution in [0.25, 0.3) is 10.4 Å². The van der Waals surface area contributed by atoms with Crippen molar-refractivity contribution in [3.8, 4) is 0 Å². The fourth-order valence-corrected chi connectivity index (χ4v) is 2.33. The second kappa shape index (κ2) is 5.69. The van der Waals surface area contributed by atoms with Crippen LogP contribution in [-0.2, 0) is 22.2 Å². The summed E-state index contributed by atoms with van der Waals surface area (Å²) in [6.45, 7) is 8.48. The molecule has 0 radical (unpaired) electrons. The predicted octanol–water partition coefficient (Wildman–Crippen LogP) is 3.26. The van der Waals surface area contributed by atoms with Gasteiger partial charge in [0.05, 0.1) is 11.2 Å². The standard InChI is InChI=1S/C14H21BN4O2/c1-13(2)14(3,4)21-15(20-13)8-10-5-11(9-16)7-12(6-10)18-19-17/h5-7H,8-9,16H2,1-4H3. The average Bonchev–Trinajstić information content (AvgIpc) is 2.57. The first-order valence-electron chi connectivity index (χ1n) is 7.01. The molecule has 2 rings (SSSR count). The summed E-state index contributed by atoms with van der Waals surface area (Å²) in [5, 5.41) is 3.65. The lowest BCUT2D eigenvalue weighted by molar-refractivity contribution is 0.00578. The van der Waals surface area contributed by atoms with E-state index in [9.17, 15) is 0 Å². The second-order valence-corrected chi connectivity index (χ2v) is 6.29. The van der Waals surface area contributed by atoms with Gasteiger partial charge in [-0.3, -0.25) is 0 Å². The van der Waals surface area contributed by atoms with Gasteiger partial charge >= 0.3 is 7.12 Å². The highest BCUT2D eigenvalue weighted by atomic mass is 16.7. The molecule has 0 amide bonds. The minimum Gasteiger partial charge on any atom is -0.403 e. The lowest BCUT2D eigenvalue weighted by Crippen LogP contribution is -2.41. The summed E-state index contributed by atoms with van der Waals surface area (Å²) in [5.41, 5.74) is 16.0. The van der Waals surface area contributed by atoms with Gasteiger partial charge in [-0.25, -0.2) is 0 Å². The van der Waals surface area contributed by atoms with Gasteiger partial charge in [0.2, 0.25) is 0 Å². The maximum atomic E-state index is 8.57. The van der Waals surface area contributed by atoms with Gasteiger partial charge in [-0.05, 0) is 56.5 Å². The molecule has 1 aromatic rings. The van der Waals surface area contributed by atoms with Crippen LogP contribution in [0.4, 0.5) is 5.69 Å².